The van der Waals surface area contributed by atoms with E-state index >= 15 is 0 Å². The molecule has 2 N–H and O–H groups in total. The van der Waals surface area contributed by atoms with Crippen molar-refractivity contribution in [3.8, 4) is 0 Å². The number of hydrogen-bond acceptors (Lipinski definition) is 6. The maximum Gasteiger partial charge on any atom is 0.221 e. The quantitative estimate of drug-likeness (QED) is 0.697. The van der Waals surface area contributed by atoms with E-state index in [1.54, 1.807) is 23.1 Å². The highest BCUT2D eigenvalue weighted by atomic mass is 35.5. The largest absolute Gasteiger partial charge is 0.357 e. The van der Waals surface area contributed by atoms with Crippen molar-refractivity contribution in [2.45, 2.75) is 36.2 Å². The summed E-state index contributed by atoms with van der Waals surface area (Å²) in [5, 5.41) is 16.0. The van der Waals surface area contributed by atoms with E-state index in [0.717, 1.165) is 15.0 Å². The Morgan fingerprint density at radius 3 is 2.96 bits per heavy atom. The Morgan fingerprint density at radius 1 is 1.35 bits per heavy atom. The molecule has 0 aliphatic heterocycles. The summed E-state index contributed by atoms with van der Waals surface area (Å²) in [6, 6.07) is 8.09. The number of nitrogens with zero attached hydrogens (tertiary/aromatic N) is 2. The first-order valence-corrected chi connectivity index (χ1v) is 9.61. The molecular formula is C15H17ClN4OS2. The lowest BCUT2D eigenvalue weighted by Gasteiger charge is -2.06. The van der Waals surface area contributed by atoms with Gasteiger partial charge in [0.05, 0.1) is 0 Å². The second-order valence-electron chi connectivity index (χ2n) is 5.26. The van der Waals surface area contributed by atoms with Crippen molar-refractivity contribution in [1.29, 1.82) is 0 Å². The van der Waals surface area contributed by atoms with Crippen molar-refractivity contribution < 1.29 is 4.79 Å². The van der Waals surface area contributed by atoms with Crippen LogP contribution in [0.25, 0.3) is 0 Å². The van der Waals surface area contributed by atoms with Gasteiger partial charge in [-0.15, -0.1) is 10.2 Å². The summed E-state index contributed by atoms with van der Waals surface area (Å²) in [4.78, 5) is 11.9. The number of nitrogens with one attached hydrogen (secondary N) is 2. The minimum Gasteiger partial charge on any atom is -0.357 e. The Bertz CT molecular complexity index is 675. The van der Waals surface area contributed by atoms with Gasteiger partial charge in [0.2, 0.25) is 11.0 Å². The van der Waals surface area contributed by atoms with Crippen LogP contribution in [-0.2, 0) is 11.3 Å². The van der Waals surface area contributed by atoms with Gasteiger partial charge < -0.3 is 10.6 Å². The van der Waals surface area contributed by atoms with Crippen LogP contribution in [0.5, 0.6) is 0 Å². The van der Waals surface area contributed by atoms with Crippen LogP contribution in [0.15, 0.2) is 28.6 Å². The predicted molar refractivity (Wildman–Crippen MR) is 95.2 cm³/mol. The Balaban J connectivity index is 1.35. The molecule has 1 heterocycles. The van der Waals surface area contributed by atoms with Gasteiger partial charge in [0, 0.05) is 29.8 Å². The van der Waals surface area contributed by atoms with E-state index < -0.39 is 0 Å². The van der Waals surface area contributed by atoms with Crippen LogP contribution in [0.1, 0.15) is 24.8 Å². The van der Waals surface area contributed by atoms with Crippen LogP contribution in [0.2, 0.25) is 5.02 Å². The topological polar surface area (TPSA) is 66.9 Å². The zero-order valence-electron chi connectivity index (χ0n) is 12.4. The van der Waals surface area contributed by atoms with Crippen molar-refractivity contribution in [2.75, 3.05) is 11.1 Å². The van der Waals surface area contributed by atoms with E-state index in [9.17, 15) is 4.79 Å². The number of thioether (sulfide) groups is 1. The first-order valence-electron chi connectivity index (χ1n) is 7.43. The van der Waals surface area contributed by atoms with E-state index in [1.807, 2.05) is 24.3 Å². The summed E-state index contributed by atoms with van der Waals surface area (Å²) in [5.74, 6) is 0.699. The summed E-state index contributed by atoms with van der Waals surface area (Å²) in [6.45, 7) is 0.456. The van der Waals surface area contributed by atoms with Gasteiger partial charge in [-0.2, -0.15) is 0 Å². The molecule has 1 aliphatic rings. The van der Waals surface area contributed by atoms with Crippen LogP contribution in [0.3, 0.4) is 0 Å². The van der Waals surface area contributed by atoms with E-state index in [2.05, 4.69) is 20.8 Å². The zero-order chi connectivity index (χ0) is 16.1. The van der Waals surface area contributed by atoms with Gasteiger partial charge in [-0.3, -0.25) is 4.79 Å². The number of amides is 1. The summed E-state index contributed by atoms with van der Waals surface area (Å²) >= 11 is 9.17. The molecule has 0 bridgehead atoms. The number of aromatic nitrogens is 2. The van der Waals surface area contributed by atoms with E-state index in [4.69, 9.17) is 11.6 Å². The lowest BCUT2D eigenvalue weighted by molar-refractivity contribution is -0.120. The van der Waals surface area contributed by atoms with Gasteiger partial charge >= 0.3 is 0 Å². The molecule has 1 aliphatic carbocycles. The summed E-state index contributed by atoms with van der Waals surface area (Å²) < 4.78 is 0.895. The number of benzene rings is 1. The monoisotopic (exact) mass is 368 g/mol. The SMILES string of the molecule is O=C(CCSc1nnc(NC2CC2)s1)NCc1ccccc1Cl. The Morgan fingerprint density at radius 2 is 2.17 bits per heavy atom. The fraction of sp³-hybridized carbons (Fsp3) is 0.400. The molecular weight excluding hydrogens is 352 g/mol. The smallest absolute Gasteiger partial charge is 0.221 e. The number of carbonyl (C=O) groups excluding carboxylic acids is 1. The number of hydrogen-bond donors (Lipinski definition) is 2. The van der Waals surface area contributed by atoms with Gasteiger partial charge in [-0.25, -0.2) is 0 Å². The number of carbonyl (C=O) groups is 1. The molecule has 0 saturated heterocycles. The molecule has 8 heteroatoms. The molecule has 0 atom stereocenters. The lowest BCUT2D eigenvalue weighted by atomic mass is 10.2. The van der Waals surface area contributed by atoms with Gasteiger partial charge in [-0.05, 0) is 24.5 Å². The fourth-order valence-electron chi connectivity index (χ4n) is 1.88. The third kappa shape index (κ3) is 5.37. The molecule has 1 aromatic carbocycles. The van der Waals surface area contributed by atoms with Gasteiger partial charge in [-0.1, -0.05) is 52.9 Å². The molecule has 0 spiro atoms. The van der Waals surface area contributed by atoms with Gasteiger partial charge in [0.15, 0.2) is 4.34 Å². The third-order valence-electron chi connectivity index (χ3n) is 3.30. The number of rotatable bonds is 8. The molecule has 23 heavy (non-hydrogen) atoms. The lowest BCUT2D eigenvalue weighted by Crippen LogP contribution is -2.23. The molecule has 2 aromatic rings. The minimum atomic E-state index is 0.0123. The van der Waals surface area contributed by atoms with E-state index in [0.29, 0.717) is 29.8 Å². The first kappa shape index (κ1) is 16.5. The zero-order valence-corrected chi connectivity index (χ0v) is 14.8. The molecule has 5 nitrogen and oxygen atoms in total. The van der Waals surface area contributed by atoms with Crippen molar-refractivity contribution in [3.05, 3.63) is 34.9 Å². The maximum absolute atomic E-state index is 11.9. The average molecular weight is 369 g/mol. The second-order valence-corrected chi connectivity index (χ2v) is 7.99. The molecule has 122 valence electrons. The standard InChI is InChI=1S/C15H17ClN4OS2/c16-12-4-2-1-3-10(12)9-17-13(21)7-8-22-15-20-19-14(23-15)18-11-5-6-11/h1-4,11H,5-9H2,(H,17,21)(H,18,19). The normalized spacial score (nSPS) is 13.8. The summed E-state index contributed by atoms with van der Waals surface area (Å²) in [6.07, 6.45) is 2.88. The van der Waals surface area contributed by atoms with Crippen LogP contribution in [-0.4, -0.2) is 27.9 Å². The highest BCUT2D eigenvalue weighted by molar-refractivity contribution is 8.01. The van der Waals surface area contributed by atoms with Crippen molar-refractivity contribution in [2.24, 2.45) is 0 Å². The molecule has 3 rings (SSSR count). The van der Waals surface area contributed by atoms with Crippen LogP contribution < -0.4 is 10.6 Å². The van der Waals surface area contributed by atoms with Crippen LogP contribution >= 0.6 is 34.7 Å². The Hall–Kier alpha value is -1.31. The van der Waals surface area contributed by atoms with E-state index in [1.165, 1.54) is 12.8 Å². The first-order chi connectivity index (χ1) is 11.2. The molecule has 1 saturated carbocycles. The Kier molecular flexibility index (Phi) is 5.75. The molecule has 1 amide bonds. The Labute approximate surface area is 148 Å². The van der Waals surface area contributed by atoms with Crippen molar-refractivity contribution in [1.82, 2.24) is 15.5 Å². The summed E-state index contributed by atoms with van der Waals surface area (Å²) in [7, 11) is 0. The van der Waals surface area contributed by atoms with Crippen molar-refractivity contribution in [3.63, 3.8) is 0 Å². The van der Waals surface area contributed by atoms with Gasteiger partial charge in [0.1, 0.15) is 0 Å². The summed E-state index contributed by atoms with van der Waals surface area (Å²) in [5.41, 5.74) is 0.926. The van der Waals surface area contributed by atoms with E-state index in [-0.39, 0.29) is 5.91 Å². The molecule has 0 radical (unpaired) electrons. The highest BCUT2D eigenvalue weighted by Crippen LogP contribution is 2.30. The third-order valence-corrected chi connectivity index (χ3v) is 5.66. The predicted octanol–water partition coefficient (Wildman–Crippen LogP) is 3.56. The minimum absolute atomic E-state index is 0.0123. The number of anilines is 1. The van der Waals surface area contributed by atoms with Crippen molar-refractivity contribution >= 4 is 45.7 Å². The van der Waals surface area contributed by atoms with Gasteiger partial charge in [0.25, 0.3) is 0 Å². The second kappa shape index (κ2) is 7.99. The maximum atomic E-state index is 11.9. The van der Waals surface area contributed by atoms with Crippen LogP contribution in [0.4, 0.5) is 5.13 Å². The number of halogens is 1. The fourth-order valence-corrected chi connectivity index (χ4v) is 3.92. The van der Waals surface area contributed by atoms with Crippen LogP contribution in [0, 0.1) is 0 Å². The average Bonchev–Trinajstić information content (AvgIpc) is 3.24. The molecule has 1 aromatic heterocycles. The molecule has 0 unspecified atom stereocenters. The highest BCUT2D eigenvalue weighted by Gasteiger charge is 2.22. The molecule has 1 fully saturated rings.